The second kappa shape index (κ2) is 6.41. The van der Waals surface area contributed by atoms with Gasteiger partial charge in [-0.05, 0) is 19.3 Å². The zero-order valence-corrected chi connectivity index (χ0v) is 12.6. The molecule has 0 aromatic rings. The highest BCUT2D eigenvalue weighted by molar-refractivity contribution is 9.11. The minimum atomic E-state index is -0.0821. The molecular weight excluding hydrogens is 310 g/mol. The largest absolute Gasteiger partial charge is 0.341 e. The van der Waals surface area contributed by atoms with Gasteiger partial charge in [-0.25, -0.2) is 4.79 Å². The van der Waals surface area contributed by atoms with Crippen LogP contribution in [0, 0.1) is 5.92 Å². The summed E-state index contributed by atoms with van der Waals surface area (Å²) in [5.74, 6) is 0.535. The third-order valence-electron chi connectivity index (χ3n) is 3.45. The van der Waals surface area contributed by atoms with E-state index in [0.717, 1.165) is 30.3 Å². The van der Waals surface area contributed by atoms with Crippen LogP contribution < -0.4 is 5.32 Å². The lowest BCUT2D eigenvalue weighted by atomic mass is 10.3. The second-order valence-corrected chi connectivity index (χ2v) is 6.24. The van der Waals surface area contributed by atoms with Crippen LogP contribution in [-0.2, 0) is 4.79 Å². The number of hydrogen-bond acceptors (Lipinski definition) is 2. The van der Waals surface area contributed by atoms with E-state index < -0.39 is 0 Å². The number of halogens is 1. The molecule has 0 bridgehead atoms. The highest BCUT2D eigenvalue weighted by atomic mass is 79.9. The number of rotatable bonds is 3. The van der Waals surface area contributed by atoms with Crippen molar-refractivity contribution < 1.29 is 9.59 Å². The van der Waals surface area contributed by atoms with Gasteiger partial charge in [-0.1, -0.05) is 22.5 Å². The van der Waals surface area contributed by atoms with Gasteiger partial charge in [0.15, 0.2) is 0 Å². The van der Waals surface area contributed by atoms with Gasteiger partial charge in [-0.2, -0.15) is 0 Å². The summed E-state index contributed by atoms with van der Waals surface area (Å²) < 4.78 is 0.751. The molecule has 1 heterocycles. The Labute approximate surface area is 122 Å². The monoisotopic (exact) mass is 329 g/mol. The van der Waals surface area contributed by atoms with Gasteiger partial charge in [0.25, 0.3) is 0 Å². The number of nitrogens with zero attached hydrogens (tertiary/aromatic N) is 2. The van der Waals surface area contributed by atoms with E-state index in [4.69, 9.17) is 0 Å². The summed E-state index contributed by atoms with van der Waals surface area (Å²) in [6, 6.07) is -0.0821. The Morgan fingerprint density at radius 2 is 1.79 bits per heavy atom. The second-order valence-electron chi connectivity index (χ2n) is 5.12. The van der Waals surface area contributed by atoms with E-state index in [-0.39, 0.29) is 17.9 Å². The average molecular weight is 330 g/mol. The minimum Gasteiger partial charge on any atom is -0.341 e. The summed E-state index contributed by atoms with van der Waals surface area (Å²) in [5, 5.41) is 2.80. The van der Waals surface area contributed by atoms with Crippen LogP contribution in [0.5, 0.6) is 0 Å². The van der Waals surface area contributed by atoms with Crippen molar-refractivity contribution in [3.63, 3.8) is 0 Å². The molecule has 0 unspecified atom stereocenters. The van der Waals surface area contributed by atoms with Gasteiger partial charge < -0.3 is 15.1 Å². The first-order valence-corrected chi connectivity index (χ1v) is 7.52. The van der Waals surface area contributed by atoms with Gasteiger partial charge in [-0.15, -0.1) is 0 Å². The summed E-state index contributed by atoms with van der Waals surface area (Å²) in [7, 11) is 0. The third-order valence-corrected chi connectivity index (χ3v) is 3.73. The molecule has 1 aliphatic carbocycles. The van der Waals surface area contributed by atoms with Crippen LogP contribution in [0.15, 0.2) is 11.1 Å². The Morgan fingerprint density at radius 1 is 1.16 bits per heavy atom. The molecule has 106 valence electrons. The molecule has 2 rings (SSSR count). The SMILES string of the molecule is C=C(Br)CNC(=O)N1CCCN(C(=O)C2CC2)CC1. The third kappa shape index (κ3) is 4.23. The lowest BCUT2D eigenvalue weighted by molar-refractivity contribution is -0.132. The molecule has 19 heavy (non-hydrogen) atoms. The maximum Gasteiger partial charge on any atom is 0.317 e. The Morgan fingerprint density at radius 3 is 2.42 bits per heavy atom. The fourth-order valence-electron chi connectivity index (χ4n) is 2.21. The molecule has 3 amide bonds. The van der Waals surface area contributed by atoms with Crippen LogP contribution in [0.3, 0.4) is 0 Å². The Bertz CT molecular complexity index is 382. The lowest BCUT2D eigenvalue weighted by Gasteiger charge is -2.22. The first-order chi connectivity index (χ1) is 9.08. The molecule has 2 fully saturated rings. The smallest absolute Gasteiger partial charge is 0.317 e. The predicted octanol–water partition coefficient (Wildman–Crippen LogP) is 1.55. The Hall–Kier alpha value is -1.04. The van der Waals surface area contributed by atoms with Crippen LogP contribution in [0.1, 0.15) is 19.3 Å². The van der Waals surface area contributed by atoms with Crippen LogP contribution in [0.4, 0.5) is 4.79 Å². The molecule has 1 saturated heterocycles. The van der Waals surface area contributed by atoms with Crippen LogP contribution >= 0.6 is 15.9 Å². The van der Waals surface area contributed by atoms with Crippen molar-refractivity contribution >= 4 is 27.9 Å². The lowest BCUT2D eigenvalue weighted by Crippen LogP contribution is -2.43. The van der Waals surface area contributed by atoms with Gasteiger partial charge >= 0.3 is 6.03 Å². The van der Waals surface area contributed by atoms with Gasteiger partial charge in [0, 0.05) is 36.6 Å². The van der Waals surface area contributed by atoms with Crippen molar-refractivity contribution in [1.29, 1.82) is 0 Å². The molecule has 5 nitrogen and oxygen atoms in total. The van der Waals surface area contributed by atoms with Crippen molar-refractivity contribution in [3.05, 3.63) is 11.1 Å². The van der Waals surface area contributed by atoms with E-state index >= 15 is 0 Å². The quantitative estimate of drug-likeness (QED) is 0.854. The zero-order chi connectivity index (χ0) is 13.8. The molecule has 6 heteroatoms. The van der Waals surface area contributed by atoms with Crippen LogP contribution in [0.25, 0.3) is 0 Å². The van der Waals surface area contributed by atoms with E-state index in [1.807, 2.05) is 4.90 Å². The zero-order valence-electron chi connectivity index (χ0n) is 11.0. The number of carbonyl (C=O) groups excluding carboxylic acids is 2. The summed E-state index contributed by atoms with van der Waals surface area (Å²) in [4.78, 5) is 27.6. The summed E-state index contributed by atoms with van der Waals surface area (Å²) >= 11 is 3.21. The molecular formula is C13H20BrN3O2. The molecule has 2 aliphatic rings. The number of carbonyl (C=O) groups is 2. The van der Waals surface area contributed by atoms with Crippen LogP contribution in [0.2, 0.25) is 0 Å². The normalized spacial score (nSPS) is 19.8. The van der Waals surface area contributed by atoms with Gasteiger partial charge in [0.1, 0.15) is 0 Å². The van der Waals surface area contributed by atoms with E-state index in [9.17, 15) is 9.59 Å². The highest BCUT2D eigenvalue weighted by Gasteiger charge is 2.34. The van der Waals surface area contributed by atoms with Crippen molar-refractivity contribution in [2.24, 2.45) is 5.92 Å². The Balaban J connectivity index is 1.80. The van der Waals surface area contributed by atoms with Gasteiger partial charge in [-0.3, -0.25) is 4.79 Å². The summed E-state index contributed by atoms with van der Waals surface area (Å²) in [6.07, 6.45) is 2.92. The highest BCUT2D eigenvalue weighted by Crippen LogP contribution is 2.31. The predicted molar refractivity (Wildman–Crippen MR) is 77.0 cm³/mol. The van der Waals surface area contributed by atoms with Crippen LogP contribution in [-0.4, -0.2) is 54.5 Å². The number of amides is 3. The van der Waals surface area contributed by atoms with Gasteiger partial charge in [0.05, 0.1) is 6.54 Å². The molecule has 1 N–H and O–H groups in total. The number of nitrogens with one attached hydrogen (secondary N) is 1. The Kier molecular flexibility index (Phi) is 4.85. The van der Waals surface area contributed by atoms with Crippen molar-refractivity contribution in [3.8, 4) is 0 Å². The number of hydrogen-bond donors (Lipinski definition) is 1. The van der Waals surface area contributed by atoms with Gasteiger partial charge in [0.2, 0.25) is 5.91 Å². The van der Waals surface area contributed by atoms with Crippen molar-refractivity contribution in [1.82, 2.24) is 15.1 Å². The first-order valence-electron chi connectivity index (χ1n) is 6.73. The topological polar surface area (TPSA) is 52.7 Å². The summed E-state index contributed by atoms with van der Waals surface area (Å²) in [6.45, 7) is 6.85. The maximum absolute atomic E-state index is 12.0. The van der Waals surface area contributed by atoms with E-state index in [1.54, 1.807) is 4.90 Å². The first kappa shape index (κ1) is 14.4. The molecule has 0 spiro atoms. The van der Waals surface area contributed by atoms with E-state index in [0.29, 0.717) is 26.2 Å². The maximum atomic E-state index is 12.0. The standard InChI is InChI=1S/C13H20BrN3O2/c1-10(14)9-15-13(19)17-6-2-5-16(7-8-17)12(18)11-3-4-11/h11H,1-9H2,(H,15,19). The molecule has 0 atom stereocenters. The van der Waals surface area contributed by atoms with Crippen molar-refractivity contribution in [2.75, 3.05) is 32.7 Å². The average Bonchev–Trinajstić information content (AvgIpc) is 3.20. The molecule has 1 aliphatic heterocycles. The van der Waals surface area contributed by atoms with E-state index in [1.165, 1.54) is 0 Å². The summed E-state index contributed by atoms with van der Waals surface area (Å²) in [5.41, 5.74) is 0. The number of urea groups is 1. The fraction of sp³-hybridized carbons (Fsp3) is 0.692. The molecule has 1 saturated carbocycles. The van der Waals surface area contributed by atoms with Crippen molar-refractivity contribution in [2.45, 2.75) is 19.3 Å². The molecule has 0 aromatic heterocycles. The fourth-order valence-corrected chi connectivity index (χ4v) is 2.35. The molecule has 0 aromatic carbocycles. The minimum absolute atomic E-state index is 0.0821. The van der Waals surface area contributed by atoms with E-state index in [2.05, 4.69) is 27.8 Å². The molecule has 0 radical (unpaired) electrons.